The quantitative estimate of drug-likeness (QED) is 0.282. The van der Waals surface area contributed by atoms with E-state index in [1.54, 1.807) is 38.3 Å². The van der Waals surface area contributed by atoms with E-state index >= 15 is 0 Å². The Bertz CT molecular complexity index is 1400. The van der Waals surface area contributed by atoms with Crippen molar-refractivity contribution in [2.24, 2.45) is 0 Å². The topological polar surface area (TPSA) is 105 Å². The van der Waals surface area contributed by atoms with Gasteiger partial charge in [0.05, 0.1) is 24.8 Å². The molecule has 0 bridgehead atoms. The van der Waals surface area contributed by atoms with Gasteiger partial charge in [0.15, 0.2) is 0 Å². The Morgan fingerprint density at radius 3 is 2.00 bits per heavy atom. The summed E-state index contributed by atoms with van der Waals surface area (Å²) < 4.78 is 52.6. The number of anilines is 1. The van der Waals surface area contributed by atoms with Crippen molar-refractivity contribution in [1.82, 2.24) is 10.2 Å². The van der Waals surface area contributed by atoms with Crippen molar-refractivity contribution >= 4 is 27.5 Å². The molecule has 3 aromatic rings. The van der Waals surface area contributed by atoms with Gasteiger partial charge in [0.25, 0.3) is 10.0 Å². The number of nitrogens with one attached hydrogen (secondary N) is 1. The number of nitrogens with zero attached hydrogens (tertiary/aromatic N) is 2. The van der Waals surface area contributed by atoms with Crippen LogP contribution in [0, 0.1) is 5.82 Å². The molecule has 0 saturated heterocycles. The lowest BCUT2D eigenvalue weighted by atomic mass is 10.1. The summed E-state index contributed by atoms with van der Waals surface area (Å²) in [6.45, 7) is 3.48. The average Bonchev–Trinajstić information content (AvgIpc) is 2.99. The molecule has 0 radical (unpaired) electrons. The standard InChI is InChI=1S/C30H36FN3O6S/c1-5-6-19-32-30(36)22(2)33(20-23-7-13-26(39-3)14-8-23)29(35)21-34(25-11-9-24(31)10-12-25)41(37,38)28-17-15-27(40-4)16-18-28/h7-18,22H,5-6,19-21H2,1-4H3,(H,32,36)/t22-/m1/s1. The van der Waals surface area contributed by atoms with E-state index in [1.807, 2.05) is 6.92 Å². The second-order valence-electron chi connectivity index (χ2n) is 9.35. The molecule has 41 heavy (non-hydrogen) atoms. The first-order chi connectivity index (χ1) is 19.6. The minimum absolute atomic E-state index is 0.0467. The maximum atomic E-state index is 13.9. The Morgan fingerprint density at radius 1 is 0.902 bits per heavy atom. The lowest BCUT2D eigenvalue weighted by Crippen LogP contribution is -2.51. The van der Waals surface area contributed by atoms with Crippen molar-refractivity contribution in [3.8, 4) is 11.5 Å². The number of carbonyl (C=O) groups is 2. The molecule has 0 fully saturated rings. The van der Waals surface area contributed by atoms with Crippen LogP contribution >= 0.6 is 0 Å². The monoisotopic (exact) mass is 585 g/mol. The number of carbonyl (C=O) groups excluding carboxylic acids is 2. The third-order valence-corrected chi connectivity index (χ3v) is 8.34. The van der Waals surface area contributed by atoms with Gasteiger partial charge in [-0.05, 0) is 79.6 Å². The SMILES string of the molecule is CCCCNC(=O)[C@@H](C)N(Cc1ccc(OC)cc1)C(=O)CN(c1ccc(F)cc1)S(=O)(=O)c1ccc(OC)cc1. The number of amides is 2. The Morgan fingerprint density at radius 2 is 1.46 bits per heavy atom. The fourth-order valence-corrected chi connectivity index (χ4v) is 5.47. The summed E-state index contributed by atoms with van der Waals surface area (Å²) in [6, 6.07) is 16.7. The number of methoxy groups -OCH3 is 2. The molecule has 0 aromatic heterocycles. The summed E-state index contributed by atoms with van der Waals surface area (Å²) in [6.07, 6.45) is 1.67. The predicted molar refractivity (Wildman–Crippen MR) is 155 cm³/mol. The van der Waals surface area contributed by atoms with E-state index in [0.29, 0.717) is 18.0 Å². The number of benzene rings is 3. The molecule has 2 amide bonds. The van der Waals surface area contributed by atoms with Gasteiger partial charge in [-0.2, -0.15) is 0 Å². The second-order valence-corrected chi connectivity index (χ2v) is 11.2. The number of unbranched alkanes of at least 4 members (excludes halogenated alkanes) is 1. The van der Waals surface area contributed by atoms with E-state index in [1.165, 1.54) is 48.4 Å². The molecule has 0 heterocycles. The van der Waals surface area contributed by atoms with Crippen LogP contribution in [0.5, 0.6) is 11.5 Å². The van der Waals surface area contributed by atoms with Gasteiger partial charge < -0.3 is 19.7 Å². The first kappa shape index (κ1) is 31.4. The Labute approximate surface area is 240 Å². The number of rotatable bonds is 14. The Balaban J connectivity index is 1.99. The van der Waals surface area contributed by atoms with E-state index < -0.39 is 34.3 Å². The summed E-state index contributed by atoms with van der Waals surface area (Å²) in [4.78, 5) is 28.2. The summed E-state index contributed by atoms with van der Waals surface area (Å²) in [5, 5.41) is 2.84. The summed E-state index contributed by atoms with van der Waals surface area (Å²) in [7, 11) is -1.27. The van der Waals surface area contributed by atoms with Crippen LogP contribution in [0.1, 0.15) is 32.3 Å². The smallest absolute Gasteiger partial charge is 0.264 e. The highest BCUT2D eigenvalue weighted by atomic mass is 32.2. The fraction of sp³-hybridized carbons (Fsp3) is 0.333. The third-order valence-electron chi connectivity index (χ3n) is 6.55. The highest BCUT2D eigenvalue weighted by Crippen LogP contribution is 2.26. The molecule has 1 N–H and O–H groups in total. The van der Waals surface area contributed by atoms with Gasteiger partial charge >= 0.3 is 0 Å². The highest BCUT2D eigenvalue weighted by molar-refractivity contribution is 7.92. The van der Waals surface area contributed by atoms with Crippen molar-refractivity contribution < 1.29 is 31.9 Å². The van der Waals surface area contributed by atoms with Crippen LogP contribution in [-0.4, -0.2) is 58.5 Å². The summed E-state index contributed by atoms with van der Waals surface area (Å²) in [5.41, 5.74) is 0.818. The lowest BCUT2D eigenvalue weighted by Gasteiger charge is -2.32. The lowest BCUT2D eigenvalue weighted by molar-refractivity contribution is -0.139. The van der Waals surface area contributed by atoms with Gasteiger partial charge in [0, 0.05) is 13.1 Å². The molecule has 220 valence electrons. The number of sulfonamides is 1. The van der Waals surface area contributed by atoms with Gasteiger partial charge in [0.2, 0.25) is 11.8 Å². The third kappa shape index (κ3) is 8.20. The van der Waals surface area contributed by atoms with Crippen molar-refractivity contribution in [1.29, 1.82) is 0 Å². The first-order valence-corrected chi connectivity index (χ1v) is 14.7. The van der Waals surface area contributed by atoms with Crippen molar-refractivity contribution in [2.75, 3.05) is 31.6 Å². The predicted octanol–water partition coefficient (Wildman–Crippen LogP) is 4.37. The molecular formula is C30H36FN3O6S. The maximum absolute atomic E-state index is 13.9. The minimum Gasteiger partial charge on any atom is -0.497 e. The zero-order valence-corrected chi connectivity index (χ0v) is 24.5. The van der Waals surface area contributed by atoms with E-state index in [0.717, 1.165) is 34.8 Å². The van der Waals surface area contributed by atoms with Crippen molar-refractivity contribution in [2.45, 2.75) is 44.2 Å². The molecule has 0 aliphatic heterocycles. The van der Waals surface area contributed by atoms with Crippen LogP contribution in [0.15, 0.2) is 77.7 Å². The summed E-state index contributed by atoms with van der Waals surface area (Å²) in [5.74, 6) is -0.431. The number of ether oxygens (including phenoxy) is 2. The minimum atomic E-state index is -4.28. The molecule has 0 unspecified atom stereocenters. The van der Waals surface area contributed by atoms with Crippen molar-refractivity contribution in [3.63, 3.8) is 0 Å². The first-order valence-electron chi connectivity index (χ1n) is 13.2. The van der Waals surface area contributed by atoms with Gasteiger partial charge in [0.1, 0.15) is 29.9 Å². The van der Waals surface area contributed by atoms with E-state index in [9.17, 15) is 22.4 Å². The van der Waals surface area contributed by atoms with E-state index in [-0.39, 0.29) is 23.0 Å². The normalized spacial score (nSPS) is 11.8. The van der Waals surface area contributed by atoms with Crippen LogP contribution in [0.3, 0.4) is 0 Å². The average molecular weight is 586 g/mol. The van der Waals surface area contributed by atoms with Crippen LogP contribution in [0.25, 0.3) is 0 Å². The zero-order chi connectivity index (χ0) is 30.0. The van der Waals surface area contributed by atoms with Crippen LogP contribution in [0.2, 0.25) is 0 Å². The molecule has 11 heteroatoms. The number of hydrogen-bond acceptors (Lipinski definition) is 6. The van der Waals surface area contributed by atoms with E-state index in [2.05, 4.69) is 5.32 Å². The molecule has 1 atom stereocenters. The number of halogens is 1. The molecule has 9 nitrogen and oxygen atoms in total. The van der Waals surface area contributed by atoms with Gasteiger partial charge in [-0.3, -0.25) is 13.9 Å². The van der Waals surface area contributed by atoms with Gasteiger partial charge in [-0.15, -0.1) is 0 Å². The summed E-state index contributed by atoms with van der Waals surface area (Å²) >= 11 is 0. The highest BCUT2D eigenvalue weighted by Gasteiger charge is 2.32. The Kier molecular flexibility index (Phi) is 11.1. The maximum Gasteiger partial charge on any atom is 0.264 e. The molecule has 0 saturated carbocycles. The molecule has 3 rings (SSSR count). The fourth-order valence-electron chi connectivity index (χ4n) is 4.06. The zero-order valence-electron chi connectivity index (χ0n) is 23.7. The van der Waals surface area contributed by atoms with Gasteiger partial charge in [-0.25, -0.2) is 12.8 Å². The molecule has 0 aliphatic rings. The molecule has 0 spiro atoms. The van der Waals surface area contributed by atoms with Gasteiger partial charge in [-0.1, -0.05) is 25.5 Å². The largest absolute Gasteiger partial charge is 0.497 e. The van der Waals surface area contributed by atoms with Crippen molar-refractivity contribution in [3.05, 3.63) is 84.2 Å². The van der Waals surface area contributed by atoms with Crippen LogP contribution < -0.4 is 19.1 Å². The number of hydrogen-bond donors (Lipinski definition) is 1. The molecular weight excluding hydrogens is 549 g/mol. The second kappa shape index (κ2) is 14.5. The van der Waals surface area contributed by atoms with E-state index in [4.69, 9.17) is 9.47 Å². The Hall–Kier alpha value is -4.12. The molecule has 3 aromatic carbocycles. The van der Waals surface area contributed by atoms with Crippen LogP contribution in [0.4, 0.5) is 10.1 Å². The molecule has 0 aliphatic carbocycles. The van der Waals surface area contributed by atoms with Crippen LogP contribution in [-0.2, 0) is 26.2 Å².